The number of carbonyl (C=O) groups is 1. The summed E-state index contributed by atoms with van der Waals surface area (Å²) >= 11 is 6.11. The molecule has 0 bridgehead atoms. The lowest BCUT2D eigenvalue weighted by atomic mass is 9.94. The fourth-order valence-electron chi connectivity index (χ4n) is 4.14. The van der Waals surface area contributed by atoms with Crippen LogP contribution in [-0.2, 0) is 4.79 Å². The van der Waals surface area contributed by atoms with E-state index in [9.17, 15) is 4.79 Å². The van der Waals surface area contributed by atoms with Gasteiger partial charge in [-0.25, -0.2) is 0 Å². The Hall–Kier alpha value is -2.20. The summed E-state index contributed by atoms with van der Waals surface area (Å²) in [6, 6.07) is 18.5. The monoisotopic (exact) mass is 383 g/mol. The molecule has 2 fully saturated rings. The van der Waals surface area contributed by atoms with Crippen molar-refractivity contribution in [1.82, 2.24) is 4.90 Å². The molecule has 4 rings (SSSR count). The Morgan fingerprint density at radius 2 is 1.41 bits per heavy atom. The van der Waals surface area contributed by atoms with Crippen LogP contribution in [0.3, 0.4) is 0 Å². The summed E-state index contributed by atoms with van der Waals surface area (Å²) in [5, 5.41) is 0.766. The molecule has 2 saturated heterocycles. The average Bonchev–Trinajstić information content (AvgIpc) is 2.74. The second-order valence-corrected chi connectivity index (χ2v) is 7.83. The first-order chi connectivity index (χ1) is 13.2. The molecule has 2 aromatic carbocycles. The smallest absolute Gasteiger partial charge is 0.225 e. The van der Waals surface area contributed by atoms with E-state index in [4.69, 9.17) is 11.6 Å². The highest BCUT2D eigenvalue weighted by Gasteiger charge is 2.30. The van der Waals surface area contributed by atoms with E-state index in [1.54, 1.807) is 0 Å². The van der Waals surface area contributed by atoms with E-state index in [-0.39, 0.29) is 5.92 Å². The predicted octanol–water partition coefficient (Wildman–Crippen LogP) is 3.91. The molecule has 27 heavy (non-hydrogen) atoms. The number of benzene rings is 2. The molecule has 1 amide bonds. The van der Waals surface area contributed by atoms with Gasteiger partial charge >= 0.3 is 0 Å². The lowest BCUT2D eigenvalue weighted by Gasteiger charge is -2.39. The van der Waals surface area contributed by atoms with E-state index in [0.717, 1.165) is 62.8 Å². The van der Waals surface area contributed by atoms with Gasteiger partial charge < -0.3 is 14.7 Å². The molecule has 2 aliphatic rings. The quantitative estimate of drug-likeness (QED) is 0.804. The van der Waals surface area contributed by atoms with Crippen LogP contribution in [-0.4, -0.2) is 50.1 Å². The first-order valence-electron chi connectivity index (χ1n) is 9.80. The van der Waals surface area contributed by atoms with Crippen molar-refractivity contribution in [1.29, 1.82) is 0 Å². The maximum absolute atomic E-state index is 13.0. The molecule has 142 valence electrons. The third-order valence-corrected chi connectivity index (χ3v) is 5.97. The van der Waals surface area contributed by atoms with E-state index in [1.165, 1.54) is 5.69 Å². The van der Waals surface area contributed by atoms with Crippen LogP contribution in [0, 0.1) is 5.92 Å². The number of halogens is 1. The standard InChI is InChI=1S/C22H26ClN3O/c23-19-5-4-8-21(17-19)24-11-9-18(10-12-24)22(27)26-15-13-25(14-16-26)20-6-2-1-3-7-20/h1-8,17-18H,9-16H2. The molecule has 0 N–H and O–H groups in total. The van der Waals surface area contributed by atoms with Crippen molar-refractivity contribution < 1.29 is 4.79 Å². The third-order valence-electron chi connectivity index (χ3n) is 5.73. The van der Waals surface area contributed by atoms with Crippen LogP contribution >= 0.6 is 11.6 Å². The van der Waals surface area contributed by atoms with E-state index in [2.05, 4.69) is 45.0 Å². The average molecular weight is 384 g/mol. The van der Waals surface area contributed by atoms with E-state index >= 15 is 0 Å². The van der Waals surface area contributed by atoms with E-state index in [1.807, 2.05) is 24.3 Å². The highest BCUT2D eigenvalue weighted by atomic mass is 35.5. The van der Waals surface area contributed by atoms with Crippen molar-refractivity contribution in [3.05, 3.63) is 59.6 Å². The van der Waals surface area contributed by atoms with E-state index < -0.39 is 0 Å². The predicted molar refractivity (Wildman–Crippen MR) is 112 cm³/mol. The minimum atomic E-state index is 0.156. The number of piperidine rings is 1. The third kappa shape index (κ3) is 4.22. The zero-order chi connectivity index (χ0) is 18.6. The minimum absolute atomic E-state index is 0.156. The molecule has 0 radical (unpaired) electrons. The molecule has 2 aromatic rings. The second kappa shape index (κ2) is 8.22. The van der Waals surface area contributed by atoms with Crippen LogP contribution in [0.4, 0.5) is 11.4 Å². The molecule has 0 aromatic heterocycles. The van der Waals surface area contributed by atoms with Crippen molar-refractivity contribution in [2.24, 2.45) is 5.92 Å². The number of hydrogen-bond donors (Lipinski definition) is 0. The number of rotatable bonds is 3. The van der Waals surface area contributed by atoms with Crippen LogP contribution in [0.15, 0.2) is 54.6 Å². The van der Waals surface area contributed by atoms with Gasteiger partial charge in [-0.1, -0.05) is 35.9 Å². The number of hydrogen-bond acceptors (Lipinski definition) is 3. The van der Waals surface area contributed by atoms with Gasteiger partial charge in [0.15, 0.2) is 0 Å². The topological polar surface area (TPSA) is 26.8 Å². The second-order valence-electron chi connectivity index (χ2n) is 7.39. The Kier molecular flexibility index (Phi) is 5.53. The summed E-state index contributed by atoms with van der Waals surface area (Å²) in [7, 11) is 0. The molecule has 0 atom stereocenters. The van der Waals surface area contributed by atoms with Gasteiger partial charge in [-0.2, -0.15) is 0 Å². The van der Waals surface area contributed by atoms with Gasteiger partial charge in [-0.15, -0.1) is 0 Å². The van der Waals surface area contributed by atoms with Gasteiger partial charge in [-0.05, 0) is 43.2 Å². The fourth-order valence-corrected chi connectivity index (χ4v) is 4.32. The highest BCUT2D eigenvalue weighted by molar-refractivity contribution is 6.30. The molecule has 2 aliphatic heterocycles. The van der Waals surface area contributed by atoms with Gasteiger partial charge in [0.1, 0.15) is 0 Å². The van der Waals surface area contributed by atoms with Crippen LogP contribution in [0.5, 0.6) is 0 Å². The number of nitrogens with zero attached hydrogens (tertiary/aromatic N) is 3. The van der Waals surface area contributed by atoms with Gasteiger partial charge in [0.25, 0.3) is 0 Å². The Balaban J connectivity index is 1.29. The summed E-state index contributed by atoms with van der Waals surface area (Å²) in [5.74, 6) is 0.497. The fraction of sp³-hybridized carbons (Fsp3) is 0.409. The molecule has 0 spiro atoms. The summed E-state index contributed by atoms with van der Waals surface area (Å²) in [6.07, 6.45) is 1.84. The summed E-state index contributed by atoms with van der Waals surface area (Å²) < 4.78 is 0. The molecule has 4 nitrogen and oxygen atoms in total. The number of carbonyl (C=O) groups excluding carboxylic acids is 1. The van der Waals surface area contributed by atoms with Gasteiger partial charge in [0, 0.05) is 61.6 Å². The van der Waals surface area contributed by atoms with Gasteiger partial charge in [0.05, 0.1) is 0 Å². The largest absolute Gasteiger partial charge is 0.371 e. The van der Waals surface area contributed by atoms with Crippen molar-refractivity contribution in [2.45, 2.75) is 12.8 Å². The van der Waals surface area contributed by atoms with Crippen LogP contribution in [0.25, 0.3) is 0 Å². The molecule has 0 saturated carbocycles. The van der Waals surface area contributed by atoms with Gasteiger partial charge in [0.2, 0.25) is 5.91 Å². The molecule has 5 heteroatoms. The van der Waals surface area contributed by atoms with Crippen LogP contribution in [0.1, 0.15) is 12.8 Å². The van der Waals surface area contributed by atoms with Crippen molar-refractivity contribution >= 4 is 28.9 Å². The lowest BCUT2D eigenvalue weighted by molar-refractivity contribution is -0.136. The zero-order valence-electron chi connectivity index (χ0n) is 15.6. The maximum atomic E-state index is 13.0. The first kappa shape index (κ1) is 18.2. The van der Waals surface area contributed by atoms with Crippen molar-refractivity contribution in [3.8, 4) is 0 Å². The minimum Gasteiger partial charge on any atom is -0.371 e. The van der Waals surface area contributed by atoms with Gasteiger partial charge in [-0.3, -0.25) is 4.79 Å². The first-order valence-corrected chi connectivity index (χ1v) is 10.2. The Morgan fingerprint density at radius 3 is 2.07 bits per heavy atom. The van der Waals surface area contributed by atoms with E-state index in [0.29, 0.717) is 5.91 Å². The van der Waals surface area contributed by atoms with Crippen LogP contribution < -0.4 is 9.80 Å². The number of anilines is 2. The lowest BCUT2D eigenvalue weighted by Crippen LogP contribution is -2.51. The Morgan fingerprint density at radius 1 is 0.778 bits per heavy atom. The summed E-state index contributed by atoms with van der Waals surface area (Å²) in [6.45, 7) is 5.31. The highest BCUT2D eigenvalue weighted by Crippen LogP contribution is 2.27. The Bertz CT molecular complexity index is 766. The van der Waals surface area contributed by atoms with Crippen molar-refractivity contribution in [2.75, 3.05) is 49.1 Å². The normalized spacial score (nSPS) is 18.6. The number of amides is 1. The van der Waals surface area contributed by atoms with Crippen molar-refractivity contribution in [3.63, 3.8) is 0 Å². The summed E-state index contributed by atoms with van der Waals surface area (Å²) in [5.41, 5.74) is 2.41. The zero-order valence-corrected chi connectivity index (χ0v) is 16.3. The van der Waals surface area contributed by atoms with Crippen LogP contribution in [0.2, 0.25) is 5.02 Å². The number of para-hydroxylation sites is 1. The number of piperazine rings is 1. The summed E-state index contributed by atoms with van der Waals surface area (Å²) in [4.78, 5) is 19.7. The molecule has 0 aliphatic carbocycles. The Labute approximate surface area is 166 Å². The SMILES string of the molecule is O=C(C1CCN(c2cccc(Cl)c2)CC1)N1CCN(c2ccccc2)CC1. The molecular weight excluding hydrogens is 358 g/mol. The molecular formula is C22H26ClN3O. The molecule has 2 heterocycles. The maximum Gasteiger partial charge on any atom is 0.225 e. The molecule has 0 unspecified atom stereocenters.